The minimum absolute atomic E-state index is 0.170. The van der Waals surface area contributed by atoms with Crippen LogP contribution in [0.5, 0.6) is 11.5 Å². The number of hydrogen-bond acceptors (Lipinski definition) is 4. The molecule has 0 spiro atoms. The first kappa shape index (κ1) is 24.3. The predicted molar refractivity (Wildman–Crippen MR) is 135 cm³/mol. The van der Waals surface area contributed by atoms with Crippen LogP contribution in [-0.2, 0) is 0 Å². The van der Waals surface area contributed by atoms with Crippen molar-refractivity contribution in [2.24, 2.45) is 0 Å². The van der Waals surface area contributed by atoms with Crippen molar-refractivity contribution in [3.63, 3.8) is 0 Å². The number of anilines is 1. The molecule has 0 radical (unpaired) electrons. The quantitative estimate of drug-likeness (QED) is 0.408. The number of nitrogens with one attached hydrogen (secondary N) is 1. The number of ether oxygens (including phenoxy) is 2. The zero-order valence-corrected chi connectivity index (χ0v) is 20.2. The lowest BCUT2D eigenvalue weighted by atomic mass is 10.0. The maximum Gasteiger partial charge on any atom is 0.255 e. The first-order chi connectivity index (χ1) is 15.9. The number of carbonyl (C=O) groups is 1. The molecule has 3 rings (SSSR count). The maximum absolute atomic E-state index is 12.8. The highest BCUT2D eigenvalue weighted by atomic mass is 16.5. The van der Waals surface area contributed by atoms with E-state index in [9.17, 15) is 4.79 Å². The van der Waals surface area contributed by atoms with Crippen molar-refractivity contribution in [1.29, 1.82) is 0 Å². The summed E-state index contributed by atoms with van der Waals surface area (Å²) < 4.78 is 11.5. The zero-order valence-electron chi connectivity index (χ0n) is 20.2. The number of methoxy groups -OCH3 is 1. The van der Waals surface area contributed by atoms with E-state index in [0.717, 1.165) is 17.7 Å². The van der Waals surface area contributed by atoms with Gasteiger partial charge < -0.3 is 14.8 Å². The number of nitrogens with zero attached hydrogens (tertiary/aromatic N) is 1. The van der Waals surface area contributed by atoms with E-state index < -0.39 is 0 Å². The summed E-state index contributed by atoms with van der Waals surface area (Å²) in [6.07, 6.45) is 0. The van der Waals surface area contributed by atoms with Gasteiger partial charge in [0, 0.05) is 35.9 Å². The lowest BCUT2D eigenvalue weighted by Crippen LogP contribution is -2.39. The molecule has 0 aromatic heterocycles. The Bertz CT molecular complexity index is 1020. The van der Waals surface area contributed by atoms with E-state index in [1.54, 1.807) is 7.11 Å². The summed E-state index contributed by atoms with van der Waals surface area (Å²) >= 11 is 0. The summed E-state index contributed by atoms with van der Waals surface area (Å²) in [5.41, 5.74) is 3.45. The average Bonchev–Trinajstić information content (AvgIpc) is 2.82. The van der Waals surface area contributed by atoms with Crippen LogP contribution in [0, 0.1) is 0 Å². The van der Waals surface area contributed by atoms with Gasteiger partial charge in [0.05, 0.1) is 7.11 Å². The van der Waals surface area contributed by atoms with E-state index in [0.29, 0.717) is 41.4 Å². The molecule has 33 heavy (non-hydrogen) atoms. The van der Waals surface area contributed by atoms with Gasteiger partial charge in [0.25, 0.3) is 5.91 Å². The van der Waals surface area contributed by atoms with Gasteiger partial charge in [-0.05, 0) is 63.1 Å². The lowest BCUT2D eigenvalue weighted by Gasteiger charge is -2.30. The Morgan fingerprint density at radius 1 is 0.848 bits per heavy atom. The summed E-state index contributed by atoms with van der Waals surface area (Å²) in [6, 6.07) is 24.0. The van der Waals surface area contributed by atoms with Gasteiger partial charge in [-0.2, -0.15) is 0 Å². The fourth-order valence-electron chi connectivity index (χ4n) is 3.89. The molecule has 0 aliphatic rings. The molecule has 0 aliphatic heterocycles. The van der Waals surface area contributed by atoms with Crippen molar-refractivity contribution < 1.29 is 14.3 Å². The normalized spacial score (nSPS) is 11.2. The molecule has 5 heteroatoms. The summed E-state index contributed by atoms with van der Waals surface area (Å²) in [5.74, 6) is 1.08. The van der Waals surface area contributed by atoms with Crippen molar-refractivity contribution in [2.75, 3.05) is 25.6 Å². The Morgan fingerprint density at radius 2 is 1.48 bits per heavy atom. The molecule has 0 unspecified atom stereocenters. The Morgan fingerprint density at radius 3 is 2.09 bits per heavy atom. The molecule has 0 bridgehead atoms. The fraction of sp³-hybridized carbons (Fsp3) is 0.321. The molecule has 3 aromatic carbocycles. The number of benzene rings is 3. The van der Waals surface area contributed by atoms with E-state index in [1.165, 1.54) is 0 Å². The molecule has 0 saturated heterocycles. The zero-order chi connectivity index (χ0) is 23.8. The molecule has 0 fully saturated rings. The third kappa shape index (κ3) is 6.59. The summed E-state index contributed by atoms with van der Waals surface area (Å²) in [5, 5.41) is 2.96. The Kier molecular flexibility index (Phi) is 8.50. The van der Waals surface area contributed by atoms with Gasteiger partial charge >= 0.3 is 0 Å². The second-order valence-corrected chi connectivity index (χ2v) is 8.54. The Balaban J connectivity index is 1.66. The molecule has 0 atom stereocenters. The molecule has 5 nitrogen and oxygen atoms in total. The number of carbonyl (C=O) groups excluding carboxylic acids is 1. The van der Waals surface area contributed by atoms with Crippen LogP contribution in [0.4, 0.5) is 5.69 Å². The largest absolute Gasteiger partial charge is 0.493 e. The molecule has 3 aromatic rings. The van der Waals surface area contributed by atoms with Crippen molar-refractivity contribution in [3.8, 4) is 22.6 Å². The van der Waals surface area contributed by atoms with E-state index >= 15 is 0 Å². The van der Waals surface area contributed by atoms with Gasteiger partial charge in [0.15, 0.2) is 11.5 Å². The summed E-state index contributed by atoms with van der Waals surface area (Å²) in [6.45, 7) is 10.1. The molecule has 1 amide bonds. The van der Waals surface area contributed by atoms with Gasteiger partial charge in [-0.15, -0.1) is 0 Å². The van der Waals surface area contributed by atoms with E-state index in [4.69, 9.17) is 9.47 Å². The van der Waals surface area contributed by atoms with E-state index in [-0.39, 0.29) is 5.91 Å². The first-order valence-corrected chi connectivity index (χ1v) is 11.4. The summed E-state index contributed by atoms with van der Waals surface area (Å²) in [7, 11) is 1.61. The molecule has 1 N–H and O–H groups in total. The third-order valence-electron chi connectivity index (χ3n) is 5.61. The van der Waals surface area contributed by atoms with Gasteiger partial charge in [-0.3, -0.25) is 9.69 Å². The monoisotopic (exact) mass is 446 g/mol. The van der Waals surface area contributed by atoms with Crippen LogP contribution >= 0.6 is 0 Å². The first-order valence-electron chi connectivity index (χ1n) is 11.4. The average molecular weight is 447 g/mol. The SMILES string of the molecule is COc1ccc(NC(=O)c2ccc(-c3ccccc3)cc2)cc1OCCN(C(C)C)C(C)C. The minimum Gasteiger partial charge on any atom is -0.493 e. The third-order valence-corrected chi connectivity index (χ3v) is 5.61. The van der Waals surface area contributed by atoms with Crippen LogP contribution in [0.2, 0.25) is 0 Å². The standard InChI is InChI=1S/C28H34N2O3/c1-20(2)30(21(3)4)17-18-33-27-19-25(15-16-26(27)32-5)29-28(31)24-13-11-23(12-14-24)22-9-7-6-8-10-22/h6-16,19-21H,17-18H2,1-5H3,(H,29,31). The molecule has 174 valence electrons. The Hall–Kier alpha value is -3.31. The van der Waals surface area contributed by atoms with Crippen LogP contribution in [0.15, 0.2) is 72.8 Å². The molecule has 0 aliphatic carbocycles. The van der Waals surface area contributed by atoms with Crippen LogP contribution < -0.4 is 14.8 Å². The maximum atomic E-state index is 12.8. The van der Waals surface area contributed by atoms with Crippen molar-refractivity contribution in [2.45, 2.75) is 39.8 Å². The van der Waals surface area contributed by atoms with Gasteiger partial charge in [0.2, 0.25) is 0 Å². The number of hydrogen-bond donors (Lipinski definition) is 1. The summed E-state index contributed by atoms with van der Waals surface area (Å²) in [4.78, 5) is 15.2. The highest BCUT2D eigenvalue weighted by Gasteiger charge is 2.14. The smallest absolute Gasteiger partial charge is 0.255 e. The van der Waals surface area contributed by atoms with E-state index in [1.807, 2.05) is 60.7 Å². The lowest BCUT2D eigenvalue weighted by molar-refractivity contribution is 0.102. The minimum atomic E-state index is -0.170. The molecular weight excluding hydrogens is 412 g/mol. The van der Waals surface area contributed by atoms with Crippen molar-refractivity contribution in [1.82, 2.24) is 4.90 Å². The fourth-order valence-corrected chi connectivity index (χ4v) is 3.89. The van der Waals surface area contributed by atoms with Crippen LogP contribution in [0.3, 0.4) is 0 Å². The second kappa shape index (κ2) is 11.5. The van der Waals surface area contributed by atoms with Crippen LogP contribution in [0.25, 0.3) is 11.1 Å². The van der Waals surface area contributed by atoms with Gasteiger partial charge in [-0.1, -0.05) is 42.5 Å². The Labute approximate surface area is 197 Å². The number of amides is 1. The van der Waals surface area contributed by atoms with Crippen LogP contribution in [0.1, 0.15) is 38.1 Å². The van der Waals surface area contributed by atoms with E-state index in [2.05, 4.69) is 50.0 Å². The predicted octanol–water partition coefficient (Wildman–Crippen LogP) is 6.11. The van der Waals surface area contributed by atoms with Crippen LogP contribution in [-0.4, -0.2) is 43.2 Å². The van der Waals surface area contributed by atoms with Crippen molar-refractivity contribution >= 4 is 11.6 Å². The van der Waals surface area contributed by atoms with Crippen molar-refractivity contribution in [3.05, 3.63) is 78.4 Å². The molecule has 0 saturated carbocycles. The highest BCUT2D eigenvalue weighted by Crippen LogP contribution is 2.30. The second-order valence-electron chi connectivity index (χ2n) is 8.54. The highest BCUT2D eigenvalue weighted by molar-refractivity contribution is 6.04. The van der Waals surface area contributed by atoms with Gasteiger partial charge in [-0.25, -0.2) is 0 Å². The topological polar surface area (TPSA) is 50.8 Å². The number of rotatable bonds is 10. The molecule has 0 heterocycles. The molecular formula is C28H34N2O3. The van der Waals surface area contributed by atoms with Gasteiger partial charge in [0.1, 0.15) is 6.61 Å².